The van der Waals surface area contributed by atoms with E-state index in [0.29, 0.717) is 5.94 Å². The number of thioether (sulfide) groups is 1. The Morgan fingerprint density at radius 3 is 2.80 bits per heavy atom. The molecule has 80 valence electrons. The molecule has 1 aromatic carbocycles. The fourth-order valence-electron chi connectivity index (χ4n) is 1.03. The topological polar surface area (TPSA) is 26.3 Å². The van der Waals surface area contributed by atoms with Gasteiger partial charge in [0.2, 0.25) is 0 Å². The molecule has 2 nitrogen and oxygen atoms in total. The van der Waals surface area contributed by atoms with Crippen LogP contribution in [0.4, 0.5) is 0 Å². The van der Waals surface area contributed by atoms with E-state index >= 15 is 0 Å². The maximum Gasteiger partial charge on any atom is 0.181 e. The average molecular weight is 222 g/mol. The number of hydrogen-bond donors (Lipinski definition) is 0. The highest BCUT2D eigenvalue weighted by molar-refractivity contribution is 7.98. The van der Waals surface area contributed by atoms with Gasteiger partial charge in [0.05, 0.1) is 5.94 Å². The Hall–Kier alpha value is -1.06. The Kier molecular flexibility index (Phi) is 5.81. The standard InChI is InChI=1S/C12H14O2S/c1-15-10-14-9-12(13)8-7-11-5-3-2-4-6-11/h2-8H,9-10H2,1H3/b8-7+. The summed E-state index contributed by atoms with van der Waals surface area (Å²) in [4.78, 5) is 11.3. The molecule has 0 N–H and O–H groups in total. The molecule has 3 heteroatoms. The van der Waals surface area contributed by atoms with Crippen LogP contribution in [-0.2, 0) is 9.53 Å². The van der Waals surface area contributed by atoms with E-state index < -0.39 is 0 Å². The van der Waals surface area contributed by atoms with Crippen LogP contribution in [0.25, 0.3) is 6.08 Å². The first-order valence-electron chi connectivity index (χ1n) is 4.65. The molecule has 1 aromatic rings. The molecular weight excluding hydrogens is 208 g/mol. The van der Waals surface area contributed by atoms with Crippen molar-refractivity contribution in [1.82, 2.24) is 0 Å². The van der Waals surface area contributed by atoms with Crippen molar-refractivity contribution in [2.45, 2.75) is 0 Å². The second kappa shape index (κ2) is 7.26. The lowest BCUT2D eigenvalue weighted by atomic mass is 10.2. The molecule has 0 saturated heterocycles. The number of rotatable bonds is 6. The van der Waals surface area contributed by atoms with Gasteiger partial charge in [0, 0.05) is 0 Å². The Balaban J connectivity index is 2.34. The zero-order valence-electron chi connectivity index (χ0n) is 8.68. The fraction of sp³-hybridized carbons (Fsp3) is 0.250. The Morgan fingerprint density at radius 2 is 2.13 bits per heavy atom. The third-order valence-corrected chi connectivity index (χ3v) is 2.11. The zero-order chi connectivity index (χ0) is 10.9. The first kappa shape index (κ1) is 12.0. The van der Waals surface area contributed by atoms with Gasteiger partial charge in [-0.2, -0.15) is 0 Å². The lowest BCUT2D eigenvalue weighted by Crippen LogP contribution is -2.04. The van der Waals surface area contributed by atoms with Crippen molar-refractivity contribution in [3.05, 3.63) is 42.0 Å². The Labute approximate surface area is 94.3 Å². The van der Waals surface area contributed by atoms with E-state index in [1.54, 1.807) is 23.9 Å². The van der Waals surface area contributed by atoms with Crippen LogP contribution in [0.15, 0.2) is 36.4 Å². The largest absolute Gasteiger partial charge is 0.363 e. The molecule has 0 aliphatic carbocycles. The monoisotopic (exact) mass is 222 g/mol. The minimum atomic E-state index is -0.00657. The van der Waals surface area contributed by atoms with E-state index in [0.717, 1.165) is 5.56 Å². The maximum atomic E-state index is 11.3. The van der Waals surface area contributed by atoms with Crippen molar-refractivity contribution < 1.29 is 9.53 Å². The van der Waals surface area contributed by atoms with Crippen molar-refractivity contribution in [2.75, 3.05) is 18.8 Å². The quantitative estimate of drug-likeness (QED) is 0.420. The van der Waals surface area contributed by atoms with Gasteiger partial charge in [0.15, 0.2) is 5.78 Å². The van der Waals surface area contributed by atoms with Gasteiger partial charge in [0.25, 0.3) is 0 Å². The third-order valence-electron chi connectivity index (χ3n) is 1.71. The van der Waals surface area contributed by atoms with Crippen LogP contribution in [0.2, 0.25) is 0 Å². The van der Waals surface area contributed by atoms with Gasteiger partial charge in [-0.15, -0.1) is 11.8 Å². The second-order valence-electron chi connectivity index (χ2n) is 2.97. The highest BCUT2D eigenvalue weighted by Crippen LogP contribution is 2.01. The lowest BCUT2D eigenvalue weighted by Gasteiger charge is -1.97. The van der Waals surface area contributed by atoms with E-state index in [2.05, 4.69) is 0 Å². The van der Waals surface area contributed by atoms with Gasteiger partial charge in [-0.3, -0.25) is 4.79 Å². The summed E-state index contributed by atoms with van der Waals surface area (Å²) in [6, 6.07) is 9.72. The molecule has 0 aliphatic heterocycles. The summed E-state index contributed by atoms with van der Waals surface area (Å²) in [6.07, 6.45) is 5.28. The molecule has 0 amide bonds. The maximum absolute atomic E-state index is 11.3. The Morgan fingerprint density at radius 1 is 1.40 bits per heavy atom. The molecular formula is C12H14O2S. The van der Waals surface area contributed by atoms with Crippen LogP contribution in [-0.4, -0.2) is 24.6 Å². The van der Waals surface area contributed by atoms with Crippen molar-refractivity contribution >= 4 is 23.6 Å². The van der Waals surface area contributed by atoms with Crippen LogP contribution >= 0.6 is 11.8 Å². The van der Waals surface area contributed by atoms with Crippen molar-refractivity contribution in [3.63, 3.8) is 0 Å². The minimum absolute atomic E-state index is 0.00657. The Bertz CT molecular complexity index is 320. The molecule has 0 atom stereocenters. The number of ether oxygens (including phenoxy) is 1. The molecule has 0 aliphatic rings. The predicted molar refractivity (Wildman–Crippen MR) is 64.8 cm³/mol. The molecule has 0 unspecified atom stereocenters. The molecule has 0 saturated carbocycles. The number of ketones is 1. The summed E-state index contributed by atoms with van der Waals surface area (Å²) in [7, 11) is 0. The number of carbonyl (C=O) groups excluding carboxylic acids is 1. The minimum Gasteiger partial charge on any atom is -0.363 e. The fourth-order valence-corrected chi connectivity index (χ4v) is 1.28. The molecule has 1 rings (SSSR count). The number of hydrogen-bond acceptors (Lipinski definition) is 3. The summed E-state index contributed by atoms with van der Waals surface area (Å²) in [5.41, 5.74) is 1.02. The molecule has 15 heavy (non-hydrogen) atoms. The highest BCUT2D eigenvalue weighted by Gasteiger charge is 1.95. The van der Waals surface area contributed by atoms with Gasteiger partial charge < -0.3 is 4.74 Å². The third kappa shape index (κ3) is 5.40. The SMILES string of the molecule is CSCOCC(=O)/C=C/c1ccccc1. The lowest BCUT2D eigenvalue weighted by molar-refractivity contribution is -0.118. The van der Waals surface area contributed by atoms with Crippen molar-refractivity contribution in [2.24, 2.45) is 0 Å². The number of benzene rings is 1. The van der Waals surface area contributed by atoms with Gasteiger partial charge in [-0.05, 0) is 17.9 Å². The van der Waals surface area contributed by atoms with E-state index in [-0.39, 0.29) is 12.4 Å². The number of carbonyl (C=O) groups is 1. The first-order chi connectivity index (χ1) is 7.33. The van der Waals surface area contributed by atoms with Crippen LogP contribution in [0.3, 0.4) is 0 Å². The zero-order valence-corrected chi connectivity index (χ0v) is 9.50. The smallest absolute Gasteiger partial charge is 0.181 e. The van der Waals surface area contributed by atoms with Crippen LogP contribution < -0.4 is 0 Å². The van der Waals surface area contributed by atoms with E-state index in [1.807, 2.05) is 36.6 Å². The van der Waals surface area contributed by atoms with Crippen LogP contribution in [0, 0.1) is 0 Å². The van der Waals surface area contributed by atoms with E-state index in [9.17, 15) is 4.79 Å². The second-order valence-corrected chi connectivity index (χ2v) is 3.78. The summed E-state index contributed by atoms with van der Waals surface area (Å²) in [5.74, 6) is 0.554. The molecule has 0 fully saturated rings. The van der Waals surface area contributed by atoms with Gasteiger partial charge in [-0.25, -0.2) is 0 Å². The van der Waals surface area contributed by atoms with Crippen molar-refractivity contribution in [1.29, 1.82) is 0 Å². The molecule has 0 heterocycles. The van der Waals surface area contributed by atoms with Gasteiger partial charge in [0.1, 0.15) is 6.61 Å². The summed E-state index contributed by atoms with van der Waals surface area (Å²) < 4.78 is 5.10. The first-order valence-corrected chi connectivity index (χ1v) is 6.05. The molecule has 0 radical (unpaired) electrons. The molecule has 0 spiro atoms. The highest BCUT2D eigenvalue weighted by atomic mass is 32.2. The van der Waals surface area contributed by atoms with Gasteiger partial charge >= 0.3 is 0 Å². The van der Waals surface area contributed by atoms with E-state index in [1.165, 1.54) is 0 Å². The summed E-state index contributed by atoms with van der Waals surface area (Å²) in [5, 5.41) is 0. The normalized spacial score (nSPS) is 10.7. The van der Waals surface area contributed by atoms with Gasteiger partial charge in [-0.1, -0.05) is 36.4 Å². The molecule has 0 bridgehead atoms. The van der Waals surface area contributed by atoms with Crippen molar-refractivity contribution in [3.8, 4) is 0 Å². The van der Waals surface area contributed by atoms with Crippen LogP contribution in [0.1, 0.15) is 5.56 Å². The van der Waals surface area contributed by atoms with Crippen LogP contribution in [0.5, 0.6) is 0 Å². The van der Waals surface area contributed by atoms with E-state index in [4.69, 9.17) is 4.74 Å². The molecule has 0 aromatic heterocycles. The average Bonchev–Trinajstić information content (AvgIpc) is 2.28. The predicted octanol–water partition coefficient (Wildman–Crippen LogP) is 2.61. The summed E-state index contributed by atoms with van der Waals surface area (Å²) in [6.45, 7) is 0.157. The summed E-state index contributed by atoms with van der Waals surface area (Å²) >= 11 is 1.56.